The quantitative estimate of drug-likeness (QED) is 0.535. The summed E-state index contributed by atoms with van der Waals surface area (Å²) in [7, 11) is 0. The Morgan fingerprint density at radius 1 is 1.22 bits per heavy atom. The topological polar surface area (TPSA) is 69.4 Å². The van der Waals surface area contributed by atoms with E-state index in [2.05, 4.69) is 4.98 Å². The van der Waals surface area contributed by atoms with Gasteiger partial charge in [0.25, 0.3) is 0 Å². The highest BCUT2D eigenvalue weighted by Crippen LogP contribution is 2.23. The van der Waals surface area contributed by atoms with Crippen LogP contribution in [0.3, 0.4) is 0 Å². The zero-order chi connectivity index (χ0) is 16.7. The van der Waals surface area contributed by atoms with E-state index in [-0.39, 0.29) is 28.7 Å². The second-order valence-electron chi connectivity index (χ2n) is 5.58. The lowest BCUT2D eigenvalue weighted by Gasteiger charge is -2.08. The van der Waals surface area contributed by atoms with Crippen molar-refractivity contribution in [2.45, 2.75) is 27.7 Å². The monoisotopic (exact) mass is 311 g/mol. The standard InChI is InChI=1S/C18H17NO4/c1-5-22-18(21)12-8-13-16(20)15-10(3)6-9(2)7-14(15)23-17(13)19-11(12)4/h6-8H,5H2,1-4H3. The number of nitrogens with zero attached hydrogens (tertiary/aromatic N) is 1. The molecule has 0 saturated carbocycles. The van der Waals surface area contributed by atoms with Crippen molar-refractivity contribution in [2.24, 2.45) is 0 Å². The predicted molar refractivity (Wildman–Crippen MR) is 88.0 cm³/mol. The van der Waals surface area contributed by atoms with Gasteiger partial charge < -0.3 is 9.15 Å². The summed E-state index contributed by atoms with van der Waals surface area (Å²) in [5.41, 5.74) is 3.18. The fraction of sp³-hybridized carbons (Fsp3) is 0.278. The molecule has 0 atom stereocenters. The van der Waals surface area contributed by atoms with E-state index in [1.54, 1.807) is 13.8 Å². The maximum atomic E-state index is 12.8. The highest BCUT2D eigenvalue weighted by atomic mass is 16.5. The molecule has 2 aromatic heterocycles. The van der Waals surface area contributed by atoms with Crippen molar-refractivity contribution < 1.29 is 13.9 Å². The Bertz CT molecular complexity index is 1000. The van der Waals surface area contributed by atoms with Crippen LogP contribution in [0.15, 0.2) is 27.4 Å². The fourth-order valence-electron chi connectivity index (χ4n) is 2.78. The van der Waals surface area contributed by atoms with Crippen molar-refractivity contribution in [3.63, 3.8) is 0 Å². The van der Waals surface area contributed by atoms with Crippen molar-refractivity contribution in [1.82, 2.24) is 4.98 Å². The van der Waals surface area contributed by atoms with Gasteiger partial charge in [0.05, 0.1) is 28.6 Å². The lowest BCUT2D eigenvalue weighted by atomic mass is 10.0. The van der Waals surface area contributed by atoms with Crippen LogP contribution in [0, 0.1) is 20.8 Å². The number of ether oxygens (including phenoxy) is 1. The number of benzene rings is 1. The molecule has 5 heteroatoms. The van der Waals surface area contributed by atoms with Crippen LogP contribution in [0.5, 0.6) is 0 Å². The molecule has 3 rings (SSSR count). The van der Waals surface area contributed by atoms with Crippen molar-refractivity contribution in [3.8, 4) is 0 Å². The van der Waals surface area contributed by atoms with Crippen molar-refractivity contribution in [2.75, 3.05) is 6.61 Å². The molecule has 0 N–H and O–H groups in total. The molecule has 0 bridgehead atoms. The van der Waals surface area contributed by atoms with Crippen molar-refractivity contribution >= 4 is 28.0 Å². The zero-order valence-electron chi connectivity index (χ0n) is 13.5. The molecule has 0 fully saturated rings. The number of aromatic nitrogens is 1. The molecular formula is C18H17NO4. The first-order valence-electron chi connectivity index (χ1n) is 7.45. The van der Waals surface area contributed by atoms with Gasteiger partial charge in [0, 0.05) is 0 Å². The van der Waals surface area contributed by atoms with Crippen LogP contribution in [0.25, 0.3) is 22.1 Å². The second kappa shape index (κ2) is 5.50. The Labute approximate surface area is 132 Å². The summed E-state index contributed by atoms with van der Waals surface area (Å²) in [6.07, 6.45) is 0. The second-order valence-corrected chi connectivity index (χ2v) is 5.58. The van der Waals surface area contributed by atoms with E-state index in [1.807, 2.05) is 26.0 Å². The average Bonchev–Trinajstić information content (AvgIpc) is 2.46. The van der Waals surface area contributed by atoms with Crippen LogP contribution in [0.1, 0.15) is 34.1 Å². The summed E-state index contributed by atoms with van der Waals surface area (Å²) >= 11 is 0. The summed E-state index contributed by atoms with van der Waals surface area (Å²) in [5.74, 6) is -0.487. The first kappa shape index (κ1) is 15.2. The Hall–Kier alpha value is -2.69. The smallest absolute Gasteiger partial charge is 0.339 e. The Morgan fingerprint density at radius 3 is 2.65 bits per heavy atom. The molecule has 1 aromatic carbocycles. The molecule has 0 unspecified atom stereocenters. The SMILES string of the molecule is CCOC(=O)c1cc2c(=O)c3c(C)cc(C)cc3oc2nc1C. The largest absolute Gasteiger partial charge is 0.462 e. The molecule has 0 saturated heterocycles. The number of aryl methyl sites for hydroxylation is 3. The molecule has 5 nitrogen and oxygen atoms in total. The van der Waals surface area contributed by atoms with Crippen LogP contribution in [-0.4, -0.2) is 17.6 Å². The first-order chi connectivity index (χ1) is 10.9. The molecule has 23 heavy (non-hydrogen) atoms. The highest BCUT2D eigenvalue weighted by Gasteiger charge is 2.17. The van der Waals surface area contributed by atoms with Gasteiger partial charge in [0.1, 0.15) is 5.58 Å². The van der Waals surface area contributed by atoms with E-state index >= 15 is 0 Å². The number of rotatable bonds is 2. The number of fused-ring (bicyclic) bond motifs is 2. The lowest BCUT2D eigenvalue weighted by molar-refractivity contribution is 0.0525. The number of hydrogen-bond donors (Lipinski definition) is 0. The molecule has 0 aliphatic carbocycles. The molecule has 0 amide bonds. The van der Waals surface area contributed by atoms with Gasteiger partial charge in [-0.15, -0.1) is 0 Å². The van der Waals surface area contributed by atoms with Crippen molar-refractivity contribution in [1.29, 1.82) is 0 Å². The van der Waals surface area contributed by atoms with Crippen LogP contribution < -0.4 is 5.43 Å². The number of carbonyl (C=O) groups is 1. The third-order valence-corrected chi connectivity index (χ3v) is 3.80. The zero-order valence-corrected chi connectivity index (χ0v) is 13.5. The highest BCUT2D eigenvalue weighted by molar-refractivity contribution is 5.97. The summed E-state index contributed by atoms with van der Waals surface area (Å²) in [4.78, 5) is 29.1. The maximum absolute atomic E-state index is 12.8. The van der Waals surface area contributed by atoms with Gasteiger partial charge in [0.2, 0.25) is 11.1 Å². The third kappa shape index (κ3) is 2.48. The number of carbonyl (C=O) groups excluding carboxylic acids is 1. The number of pyridine rings is 1. The van der Waals surface area contributed by atoms with Gasteiger partial charge >= 0.3 is 5.97 Å². The van der Waals surface area contributed by atoms with E-state index in [0.29, 0.717) is 16.7 Å². The first-order valence-corrected chi connectivity index (χ1v) is 7.45. The Kier molecular flexibility index (Phi) is 3.64. The minimum absolute atomic E-state index is 0.184. The fourth-order valence-corrected chi connectivity index (χ4v) is 2.78. The third-order valence-electron chi connectivity index (χ3n) is 3.80. The predicted octanol–water partition coefficient (Wildman–Crippen LogP) is 3.44. The van der Waals surface area contributed by atoms with Crippen LogP contribution in [0.4, 0.5) is 0 Å². The van der Waals surface area contributed by atoms with Crippen LogP contribution >= 0.6 is 0 Å². The summed E-state index contributed by atoms with van der Waals surface area (Å²) in [5, 5.41) is 0.807. The Morgan fingerprint density at radius 2 is 1.96 bits per heavy atom. The molecule has 0 radical (unpaired) electrons. The summed E-state index contributed by atoms with van der Waals surface area (Å²) in [6.45, 7) is 7.50. The van der Waals surface area contributed by atoms with Gasteiger partial charge in [-0.1, -0.05) is 6.07 Å². The minimum atomic E-state index is -0.487. The van der Waals surface area contributed by atoms with Gasteiger partial charge in [-0.2, -0.15) is 0 Å². The van der Waals surface area contributed by atoms with Crippen molar-refractivity contribution in [3.05, 3.63) is 50.8 Å². The average molecular weight is 311 g/mol. The normalized spacial score (nSPS) is 11.1. The van der Waals surface area contributed by atoms with E-state index in [0.717, 1.165) is 11.1 Å². The van der Waals surface area contributed by atoms with Gasteiger partial charge in [-0.25, -0.2) is 9.78 Å². The van der Waals surface area contributed by atoms with E-state index in [4.69, 9.17) is 9.15 Å². The number of esters is 1. The minimum Gasteiger partial charge on any atom is -0.462 e. The lowest BCUT2D eigenvalue weighted by Crippen LogP contribution is -2.11. The maximum Gasteiger partial charge on any atom is 0.339 e. The molecule has 0 aliphatic rings. The molecule has 2 heterocycles. The molecule has 3 aromatic rings. The van der Waals surface area contributed by atoms with E-state index in [9.17, 15) is 9.59 Å². The van der Waals surface area contributed by atoms with Gasteiger partial charge in [-0.05, 0) is 51.0 Å². The number of hydrogen-bond acceptors (Lipinski definition) is 5. The molecule has 0 spiro atoms. The van der Waals surface area contributed by atoms with Crippen LogP contribution in [0.2, 0.25) is 0 Å². The van der Waals surface area contributed by atoms with E-state index in [1.165, 1.54) is 6.07 Å². The van der Waals surface area contributed by atoms with Gasteiger partial charge in [0.15, 0.2) is 0 Å². The molecular weight excluding hydrogens is 294 g/mol. The van der Waals surface area contributed by atoms with Gasteiger partial charge in [-0.3, -0.25) is 4.79 Å². The molecule has 118 valence electrons. The van der Waals surface area contributed by atoms with Crippen LogP contribution in [-0.2, 0) is 4.74 Å². The summed E-state index contributed by atoms with van der Waals surface area (Å²) in [6, 6.07) is 5.26. The molecule has 0 aliphatic heterocycles. The van der Waals surface area contributed by atoms with E-state index < -0.39 is 5.97 Å². The summed E-state index contributed by atoms with van der Waals surface area (Å²) < 4.78 is 10.8. The Balaban J connectivity index is 2.39.